The van der Waals surface area contributed by atoms with Crippen molar-refractivity contribution in [3.63, 3.8) is 0 Å². The molecule has 3 atom stereocenters. The lowest BCUT2D eigenvalue weighted by atomic mass is 9.88. The van der Waals surface area contributed by atoms with E-state index in [0.717, 1.165) is 18.1 Å². The predicted molar refractivity (Wildman–Crippen MR) is 121 cm³/mol. The van der Waals surface area contributed by atoms with Gasteiger partial charge in [0.05, 0.1) is 13.2 Å². The Morgan fingerprint density at radius 3 is 2.41 bits per heavy atom. The maximum absolute atomic E-state index is 14.4. The molecule has 2 rings (SSSR count). The van der Waals surface area contributed by atoms with Crippen LogP contribution >= 0.6 is 0 Å². The quantitative estimate of drug-likeness (QED) is 0.443. The number of ether oxygens (including phenoxy) is 1. The normalized spacial score (nSPS) is 14.8. The molecule has 0 aliphatic rings. The Labute approximate surface area is 189 Å². The number of aliphatic hydroxyl groups is 1. The van der Waals surface area contributed by atoms with Gasteiger partial charge in [-0.05, 0) is 62.3 Å². The van der Waals surface area contributed by atoms with E-state index in [-0.39, 0.29) is 31.7 Å². The third-order valence-corrected chi connectivity index (χ3v) is 5.47. The number of halogens is 1. The van der Waals surface area contributed by atoms with Crippen LogP contribution in [0.1, 0.15) is 37.3 Å². The van der Waals surface area contributed by atoms with Crippen molar-refractivity contribution in [3.8, 4) is 5.75 Å². The SMILES string of the molecule is COc1ccc(CNC(=O)[C@H](CCC(C)(F)C(N)=O)C[C@@H](O)[CH]Cc2ccccc2)cc1. The highest BCUT2D eigenvalue weighted by atomic mass is 19.1. The van der Waals surface area contributed by atoms with Gasteiger partial charge in [0.1, 0.15) is 5.75 Å². The van der Waals surface area contributed by atoms with Gasteiger partial charge >= 0.3 is 0 Å². The van der Waals surface area contributed by atoms with Gasteiger partial charge in [-0.15, -0.1) is 0 Å². The molecule has 1 unspecified atom stereocenters. The molecule has 6 nitrogen and oxygen atoms in total. The van der Waals surface area contributed by atoms with Crippen LogP contribution in [0.5, 0.6) is 5.75 Å². The van der Waals surface area contributed by atoms with E-state index in [1.165, 1.54) is 0 Å². The predicted octanol–water partition coefficient (Wildman–Crippen LogP) is 3.12. The van der Waals surface area contributed by atoms with E-state index >= 15 is 0 Å². The molecule has 0 aromatic heterocycles. The molecule has 0 bridgehead atoms. The Bertz CT molecular complexity index is 856. The maximum Gasteiger partial charge on any atom is 0.254 e. The van der Waals surface area contributed by atoms with Crippen LogP contribution in [0.15, 0.2) is 54.6 Å². The van der Waals surface area contributed by atoms with Gasteiger partial charge < -0.3 is 20.9 Å². The summed E-state index contributed by atoms with van der Waals surface area (Å²) in [4.78, 5) is 24.2. The summed E-state index contributed by atoms with van der Waals surface area (Å²) in [6, 6.07) is 16.9. The third-order valence-electron chi connectivity index (χ3n) is 5.47. The zero-order chi connectivity index (χ0) is 23.6. The van der Waals surface area contributed by atoms with Crippen molar-refractivity contribution in [1.82, 2.24) is 5.32 Å². The molecule has 2 amide bonds. The second-order valence-corrected chi connectivity index (χ2v) is 8.09. The van der Waals surface area contributed by atoms with Gasteiger partial charge in [0.15, 0.2) is 5.67 Å². The molecule has 2 aromatic carbocycles. The summed E-state index contributed by atoms with van der Waals surface area (Å²) < 4.78 is 19.5. The van der Waals surface area contributed by atoms with Gasteiger partial charge in [-0.25, -0.2) is 4.39 Å². The molecule has 0 aliphatic carbocycles. The number of rotatable bonds is 13. The van der Waals surface area contributed by atoms with E-state index in [2.05, 4.69) is 5.32 Å². The molecule has 7 heteroatoms. The second kappa shape index (κ2) is 12.2. The Kier molecular flexibility index (Phi) is 9.65. The molecule has 32 heavy (non-hydrogen) atoms. The first-order chi connectivity index (χ1) is 15.2. The molecule has 0 heterocycles. The fourth-order valence-electron chi connectivity index (χ4n) is 3.28. The fourth-order valence-corrected chi connectivity index (χ4v) is 3.28. The van der Waals surface area contributed by atoms with Crippen LogP contribution in [0.3, 0.4) is 0 Å². The van der Waals surface area contributed by atoms with Crippen molar-refractivity contribution in [2.75, 3.05) is 7.11 Å². The Balaban J connectivity index is 1.97. The van der Waals surface area contributed by atoms with Crippen molar-refractivity contribution in [2.45, 2.75) is 50.9 Å². The minimum atomic E-state index is -2.22. The highest BCUT2D eigenvalue weighted by molar-refractivity contribution is 5.83. The van der Waals surface area contributed by atoms with Crippen LogP contribution in [0.4, 0.5) is 4.39 Å². The van der Waals surface area contributed by atoms with Gasteiger partial charge in [0.2, 0.25) is 5.91 Å². The average Bonchev–Trinajstić information content (AvgIpc) is 2.79. The molecule has 0 aliphatic heterocycles. The molecule has 2 aromatic rings. The van der Waals surface area contributed by atoms with E-state index in [9.17, 15) is 19.1 Å². The minimum absolute atomic E-state index is 0.0840. The van der Waals surface area contributed by atoms with Crippen LogP contribution in [0, 0.1) is 12.3 Å². The summed E-state index contributed by atoms with van der Waals surface area (Å²) in [5, 5.41) is 13.3. The largest absolute Gasteiger partial charge is 0.497 e. The highest BCUT2D eigenvalue weighted by Crippen LogP contribution is 2.24. The number of carbonyl (C=O) groups is 2. The van der Waals surface area contributed by atoms with Crippen molar-refractivity contribution in [3.05, 3.63) is 72.1 Å². The van der Waals surface area contributed by atoms with Crippen molar-refractivity contribution in [2.24, 2.45) is 11.7 Å². The second-order valence-electron chi connectivity index (χ2n) is 8.09. The van der Waals surface area contributed by atoms with Crippen LogP contribution in [0.2, 0.25) is 0 Å². The number of alkyl halides is 1. The number of hydrogen-bond acceptors (Lipinski definition) is 4. The van der Waals surface area contributed by atoms with Crippen LogP contribution < -0.4 is 15.8 Å². The lowest BCUT2D eigenvalue weighted by molar-refractivity contribution is -0.131. The Morgan fingerprint density at radius 1 is 1.16 bits per heavy atom. The first-order valence-corrected chi connectivity index (χ1v) is 10.7. The maximum atomic E-state index is 14.4. The first-order valence-electron chi connectivity index (χ1n) is 10.7. The topological polar surface area (TPSA) is 102 Å². The standard InChI is InChI=1S/C25H32FN2O4/c1-25(26,24(27)31)15-14-20(16-21(29)11-8-18-6-4-3-5-7-18)23(30)28-17-19-9-12-22(32-2)13-10-19/h3-7,9-13,20-21,29H,8,14-17H2,1-2H3,(H2,27,31)(H,28,30)/t20-,21+,25?/m1/s1. The van der Waals surface area contributed by atoms with Gasteiger partial charge in [-0.1, -0.05) is 42.5 Å². The van der Waals surface area contributed by atoms with Crippen LogP contribution in [0.25, 0.3) is 0 Å². The summed E-state index contributed by atoms with van der Waals surface area (Å²) in [5.41, 5.74) is 4.82. The third kappa shape index (κ3) is 8.30. The number of aliphatic hydroxyl groups excluding tert-OH is 1. The van der Waals surface area contributed by atoms with E-state index in [4.69, 9.17) is 10.5 Å². The Hall–Kier alpha value is -2.93. The number of primary amides is 1. The van der Waals surface area contributed by atoms with Crippen LogP contribution in [-0.4, -0.2) is 35.8 Å². The summed E-state index contributed by atoms with van der Waals surface area (Å²) in [7, 11) is 1.58. The van der Waals surface area contributed by atoms with Crippen molar-refractivity contribution < 1.29 is 23.8 Å². The van der Waals surface area contributed by atoms with Crippen molar-refractivity contribution >= 4 is 11.8 Å². The first kappa shape index (κ1) is 25.3. The van der Waals surface area contributed by atoms with E-state index < -0.39 is 23.6 Å². The number of methoxy groups -OCH3 is 1. The number of nitrogens with two attached hydrogens (primary N) is 1. The zero-order valence-corrected chi connectivity index (χ0v) is 18.6. The van der Waals surface area contributed by atoms with Gasteiger partial charge in [-0.3, -0.25) is 9.59 Å². The lowest BCUT2D eigenvalue weighted by Gasteiger charge is -2.23. The monoisotopic (exact) mass is 443 g/mol. The van der Waals surface area contributed by atoms with E-state index in [0.29, 0.717) is 12.2 Å². The zero-order valence-electron chi connectivity index (χ0n) is 18.6. The van der Waals surface area contributed by atoms with Crippen LogP contribution in [-0.2, 0) is 22.6 Å². The molecule has 4 N–H and O–H groups in total. The summed E-state index contributed by atoms with van der Waals surface area (Å²) in [5.74, 6) is -1.34. The number of hydrogen-bond donors (Lipinski definition) is 3. The summed E-state index contributed by atoms with van der Waals surface area (Å²) in [6.07, 6.45) is 1.42. The molecule has 0 saturated heterocycles. The molecular formula is C25H32FN2O4. The molecule has 0 fully saturated rings. The number of nitrogens with one attached hydrogen (secondary N) is 1. The van der Waals surface area contributed by atoms with E-state index in [1.54, 1.807) is 25.7 Å². The fraction of sp³-hybridized carbons (Fsp3) is 0.400. The summed E-state index contributed by atoms with van der Waals surface area (Å²) >= 11 is 0. The summed E-state index contributed by atoms with van der Waals surface area (Å²) in [6.45, 7) is 1.39. The molecule has 173 valence electrons. The van der Waals surface area contributed by atoms with Gasteiger partial charge in [0.25, 0.3) is 5.91 Å². The smallest absolute Gasteiger partial charge is 0.254 e. The lowest BCUT2D eigenvalue weighted by Crippen LogP contribution is -2.39. The van der Waals surface area contributed by atoms with Crippen molar-refractivity contribution in [1.29, 1.82) is 0 Å². The molecule has 1 radical (unpaired) electrons. The van der Waals surface area contributed by atoms with E-state index in [1.807, 2.05) is 42.5 Å². The minimum Gasteiger partial charge on any atom is -0.497 e. The average molecular weight is 444 g/mol. The molecular weight excluding hydrogens is 411 g/mol. The number of benzene rings is 2. The Morgan fingerprint density at radius 2 is 1.81 bits per heavy atom. The number of carbonyl (C=O) groups excluding carboxylic acids is 2. The van der Waals surface area contributed by atoms with Gasteiger partial charge in [0, 0.05) is 12.5 Å². The van der Waals surface area contributed by atoms with Gasteiger partial charge in [-0.2, -0.15) is 0 Å². The number of amides is 2. The molecule has 0 spiro atoms. The molecule has 0 saturated carbocycles. The highest BCUT2D eigenvalue weighted by Gasteiger charge is 2.33.